The van der Waals surface area contributed by atoms with E-state index in [9.17, 15) is 0 Å². The molecule has 0 heterocycles. The molecule has 0 aromatic rings. The fraction of sp³-hybridized carbons (Fsp3) is 0.455. The Hall–Kier alpha value is 0.179. The second-order valence-electron chi connectivity index (χ2n) is 4.20. The van der Waals surface area contributed by atoms with Gasteiger partial charge in [-0.2, -0.15) is 14.2 Å². The van der Waals surface area contributed by atoms with E-state index in [1.165, 1.54) is 51.4 Å². The standard InChI is InChI=1S/2C8H12.2CH3O.4CH3.2Ir/c2*1-2-4-6-8-7-5-3-1;2*1-2;;;;;;/h2*1-2,7-8H,3-6H2;2*1H3;4*1H3;;/q;;6*-1;2*+3/b2-1-,8-7?;2-1-,8-7-;;;;;;;;. The third kappa shape index (κ3) is 49.6. The van der Waals surface area contributed by atoms with Gasteiger partial charge in [0.15, 0.2) is 0 Å². The Balaban J connectivity index is -0.0000000292. The predicted octanol–water partition coefficient (Wildman–Crippen LogP) is 5.09. The van der Waals surface area contributed by atoms with Crippen LogP contribution in [-0.4, -0.2) is 14.2 Å². The van der Waals surface area contributed by atoms with Gasteiger partial charge in [-0.05, 0) is 51.4 Å². The Labute approximate surface area is 193 Å². The van der Waals surface area contributed by atoms with Crippen molar-refractivity contribution in [2.24, 2.45) is 0 Å². The van der Waals surface area contributed by atoms with Crippen molar-refractivity contribution >= 4 is 0 Å². The van der Waals surface area contributed by atoms with Crippen LogP contribution in [0.25, 0.3) is 0 Å². The molecule has 4 heteroatoms. The first kappa shape index (κ1) is 50.2. The van der Waals surface area contributed by atoms with Crippen molar-refractivity contribution in [2.45, 2.75) is 51.4 Å². The topological polar surface area (TPSA) is 46.1 Å². The zero-order valence-electron chi connectivity index (χ0n) is 17.8. The van der Waals surface area contributed by atoms with Gasteiger partial charge in [0.1, 0.15) is 0 Å². The monoisotopic (exact) mass is 724 g/mol. The van der Waals surface area contributed by atoms with Crippen molar-refractivity contribution in [3.05, 3.63) is 78.3 Å². The summed E-state index contributed by atoms with van der Waals surface area (Å²) in [6, 6.07) is 0. The van der Waals surface area contributed by atoms with E-state index in [1.54, 1.807) is 0 Å². The molecule has 2 aliphatic rings. The minimum absolute atomic E-state index is 0. The van der Waals surface area contributed by atoms with Gasteiger partial charge < -0.3 is 39.9 Å². The molecule has 0 radical (unpaired) electrons. The molecule has 2 nitrogen and oxygen atoms in total. The fourth-order valence-corrected chi connectivity index (χ4v) is 1.71. The summed E-state index contributed by atoms with van der Waals surface area (Å²) in [5, 5.41) is 16.5. The molecule has 0 N–H and O–H groups in total. The van der Waals surface area contributed by atoms with Crippen LogP contribution < -0.4 is 10.2 Å². The average molecular weight is 723 g/mol. The summed E-state index contributed by atoms with van der Waals surface area (Å²) in [6.07, 6.45) is 28.0. The summed E-state index contributed by atoms with van der Waals surface area (Å²) in [4.78, 5) is 0. The van der Waals surface area contributed by atoms with Crippen LogP contribution in [0.1, 0.15) is 51.4 Å². The van der Waals surface area contributed by atoms with Crippen molar-refractivity contribution in [1.82, 2.24) is 0 Å². The van der Waals surface area contributed by atoms with Gasteiger partial charge >= 0.3 is 40.2 Å². The van der Waals surface area contributed by atoms with Gasteiger partial charge in [0.05, 0.1) is 0 Å². The maximum atomic E-state index is 8.25. The average Bonchev–Trinajstić information content (AvgIpc) is 2.42. The fourth-order valence-electron chi connectivity index (χ4n) is 1.71. The molecule has 0 aromatic carbocycles. The summed E-state index contributed by atoms with van der Waals surface area (Å²) < 4.78 is 0. The molecule has 0 spiro atoms. The first-order valence-electron chi connectivity index (χ1n) is 7.42. The summed E-state index contributed by atoms with van der Waals surface area (Å²) in [6.45, 7) is 0. The molecular weight excluding hydrogens is 681 g/mol. The van der Waals surface area contributed by atoms with Crippen LogP contribution >= 0.6 is 0 Å². The van der Waals surface area contributed by atoms with E-state index in [-0.39, 0.29) is 69.9 Å². The minimum atomic E-state index is 0. The summed E-state index contributed by atoms with van der Waals surface area (Å²) in [5.74, 6) is 0. The van der Waals surface area contributed by atoms with Gasteiger partial charge in [0.25, 0.3) is 0 Å². The van der Waals surface area contributed by atoms with Crippen molar-refractivity contribution < 1.29 is 50.4 Å². The molecule has 0 atom stereocenters. The van der Waals surface area contributed by atoms with Crippen LogP contribution in [0.4, 0.5) is 0 Å². The van der Waals surface area contributed by atoms with Crippen LogP contribution in [0.3, 0.4) is 0 Å². The molecule has 2 rings (SSSR count). The molecule has 0 amide bonds. The SMILES string of the molecule is C1=CCC/C=C\CC1.C1=C\CC/C=C\CC/1.C[O-].C[O-].[CH3-].[CH3-].[CH3-].[CH3-].[Ir+3].[Ir+3]. The maximum Gasteiger partial charge on any atom is 3.00 e. The van der Waals surface area contributed by atoms with Crippen molar-refractivity contribution in [3.63, 3.8) is 0 Å². The van der Waals surface area contributed by atoms with Crippen LogP contribution in [0.15, 0.2) is 48.6 Å². The molecule has 0 unspecified atom stereocenters. The normalized spacial score (nSPS) is 16.5. The third-order valence-electron chi connectivity index (χ3n) is 2.67. The van der Waals surface area contributed by atoms with E-state index in [0.717, 1.165) is 14.2 Å². The van der Waals surface area contributed by atoms with Gasteiger partial charge in [-0.1, -0.05) is 48.6 Å². The van der Waals surface area contributed by atoms with E-state index in [4.69, 9.17) is 10.2 Å². The second kappa shape index (κ2) is 56.2. The Kier molecular flexibility index (Phi) is 109. The molecule has 0 saturated heterocycles. The Morgan fingerprint density at radius 2 is 0.423 bits per heavy atom. The van der Waals surface area contributed by atoms with E-state index < -0.39 is 0 Å². The van der Waals surface area contributed by atoms with E-state index in [0.29, 0.717) is 0 Å². The number of rotatable bonds is 0. The number of hydrogen-bond donors (Lipinski definition) is 0. The largest absolute Gasteiger partial charge is 3.00 e. The summed E-state index contributed by atoms with van der Waals surface area (Å²) >= 11 is 0. The number of hydrogen-bond acceptors (Lipinski definition) is 2. The van der Waals surface area contributed by atoms with E-state index in [1.807, 2.05) is 0 Å². The molecule has 0 aliphatic heterocycles. The third-order valence-corrected chi connectivity index (χ3v) is 2.67. The molecule has 160 valence electrons. The van der Waals surface area contributed by atoms with Gasteiger partial charge in [-0.15, -0.1) is 0 Å². The molecule has 0 fully saturated rings. The van der Waals surface area contributed by atoms with Crippen LogP contribution in [0.5, 0.6) is 0 Å². The Bertz CT molecular complexity index is 193. The summed E-state index contributed by atoms with van der Waals surface area (Å²) in [7, 11) is 1.50. The minimum Gasteiger partial charge on any atom is -0.857 e. The maximum absolute atomic E-state index is 8.25. The first-order valence-corrected chi connectivity index (χ1v) is 7.42. The molecule has 0 bridgehead atoms. The van der Waals surface area contributed by atoms with Gasteiger partial charge in [0, 0.05) is 0 Å². The summed E-state index contributed by atoms with van der Waals surface area (Å²) in [5.41, 5.74) is 0. The van der Waals surface area contributed by atoms with Crippen molar-refractivity contribution in [1.29, 1.82) is 0 Å². The quantitative estimate of drug-likeness (QED) is 0.259. The second-order valence-corrected chi connectivity index (χ2v) is 4.20. The molecule has 26 heavy (non-hydrogen) atoms. The van der Waals surface area contributed by atoms with Crippen molar-refractivity contribution in [2.75, 3.05) is 14.2 Å². The van der Waals surface area contributed by atoms with Gasteiger partial charge in [0.2, 0.25) is 0 Å². The van der Waals surface area contributed by atoms with Crippen LogP contribution in [-0.2, 0) is 40.2 Å². The van der Waals surface area contributed by atoms with Crippen molar-refractivity contribution in [3.8, 4) is 0 Å². The zero-order chi connectivity index (χ0) is 15.3. The Morgan fingerprint density at radius 3 is 0.500 bits per heavy atom. The molecular formula is C22H42Ir2O2. The van der Waals surface area contributed by atoms with Crippen LogP contribution in [0.2, 0.25) is 0 Å². The number of allylic oxidation sites excluding steroid dienone is 8. The van der Waals surface area contributed by atoms with E-state index >= 15 is 0 Å². The Morgan fingerprint density at radius 1 is 0.346 bits per heavy atom. The van der Waals surface area contributed by atoms with Crippen LogP contribution in [0, 0.1) is 29.7 Å². The smallest absolute Gasteiger partial charge is 0.857 e. The van der Waals surface area contributed by atoms with Gasteiger partial charge in [-0.25, -0.2) is 0 Å². The predicted molar refractivity (Wildman–Crippen MR) is 111 cm³/mol. The molecule has 0 saturated carbocycles. The molecule has 0 aromatic heterocycles. The molecule has 2 aliphatic carbocycles. The zero-order valence-corrected chi connectivity index (χ0v) is 22.5. The van der Waals surface area contributed by atoms with E-state index in [2.05, 4.69) is 48.6 Å². The van der Waals surface area contributed by atoms with Gasteiger partial charge in [-0.3, -0.25) is 0 Å². The first-order chi connectivity index (χ1) is 10.0.